The van der Waals surface area contributed by atoms with E-state index in [4.69, 9.17) is 0 Å². The lowest BCUT2D eigenvalue weighted by molar-refractivity contribution is -0.116. The summed E-state index contributed by atoms with van der Waals surface area (Å²) in [6.45, 7) is 4.26. The Morgan fingerprint density at radius 2 is 1.82 bits per heavy atom. The summed E-state index contributed by atoms with van der Waals surface area (Å²) in [6, 6.07) is 2.50. The molecule has 1 aliphatic rings. The van der Waals surface area contributed by atoms with Crippen molar-refractivity contribution in [3.63, 3.8) is 0 Å². The minimum Gasteiger partial charge on any atom is -0.332 e. The van der Waals surface area contributed by atoms with Crippen molar-refractivity contribution in [1.82, 2.24) is 14.5 Å². The molecule has 0 aliphatic carbocycles. The maximum atomic E-state index is 13.5. The van der Waals surface area contributed by atoms with Gasteiger partial charge in [-0.3, -0.25) is 19.0 Å². The molecule has 1 aromatic carbocycles. The summed E-state index contributed by atoms with van der Waals surface area (Å²) in [7, 11) is 0. The largest absolute Gasteiger partial charge is 0.332 e. The van der Waals surface area contributed by atoms with E-state index in [-0.39, 0.29) is 27.3 Å². The molecule has 4 rings (SSSR count). The van der Waals surface area contributed by atoms with Gasteiger partial charge in [0.25, 0.3) is 17.4 Å². The van der Waals surface area contributed by atoms with E-state index in [2.05, 4.69) is 10.3 Å². The number of thiophene rings is 1. The fourth-order valence-electron chi connectivity index (χ4n) is 3.51. The van der Waals surface area contributed by atoms with Crippen LogP contribution in [0.3, 0.4) is 0 Å². The highest BCUT2D eigenvalue weighted by molar-refractivity contribution is 7.20. The summed E-state index contributed by atoms with van der Waals surface area (Å²) >= 11 is 0.922. The standard InChI is InChI=1S/C20H16F4N4O3S.C2H6/c1-10-15-17(32-16(10)19(31)27-3-2-20(23,24)8-27)25-9-28(18(15)30)7-14(29)26-13-5-11(21)4-12(22)6-13;1-2/h4-6,9H,2-3,7-8H2,1H3,(H,26,29);1-2H3. The fraction of sp³-hybridized carbons (Fsp3) is 0.364. The molecule has 3 heterocycles. The maximum Gasteiger partial charge on any atom is 0.267 e. The van der Waals surface area contributed by atoms with Crippen molar-refractivity contribution in [2.75, 3.05) is 18.4 Å². The number of nitrogens with one attached hydrogen (secondary N) is 1. The van der Waals surface area contributed by atoms with E-state index in [0.717, 1.165) is 39.3 Å². The Balaban J connectivity index is 0.00000158. The lowest BCUT2D eigenvalue weighted by Gasteiger charge is -2.15. The predicted molar refractivity (Wildman–Crippen MR) is 120 cm³/mol. The molecule has 2 aromatic heterocycles. The van der Waals surface area contributed by atoms with Crippen LogP contribution in [-0.2, 0) is 11.3 Å². The van der Waals surface area contributed by atoms with Gasteiger partial charge >= 0.3 is 0 Å². The second kappa shape index (κ2) is 9.92. The Morgan fingerprint density at radius 3 is 2.41 bits per heavy atom. The second-order valence-corrected chi connectivity index (χ2v) is 8.45. The zero-order valence-electron chi connectivity index (χ0n) is 18.6. The molecule has 0 spiro atoms. The van der Waals surface area contributed by atoms with Crippen molar-refractivity contribution in [3.05, 3.63) is 57.0 Å². The van der Waals surface area contributed by atoms with E-state index < -0.39 is 54.4 Å². The average molecular weight is 499 g/mol. The SMILES string of the molecule is CC.Cc1c(C(=O)N2CCC(F)(F)C2)sc2ncn(CC(=O)Nc3cc(F)cc(F)c3)c(=O)c12. The molecule has 12 heteroatoms. The molecular formula is C22H22F4N4O3S. The highest BCUT2D eigenvalue weighted by Crippen LogP contribution is 2.32. The van der Waals surface area contributed by atoms with Crippen molar-refractivity contribution in [2.45, 2.75) is 39.7 Å². The number of amides is 2. The number of rotatable bonds is 4. The first-order valence-electron chi connectivity index (χ1n) is 10.5. The topological polar surface area (TPSA) is 84.3 Å². The Morgan fingerprint density at radius 1 is 1.18 bits per heavy atom. The van der Waals surface area contributed by atoms with Gasteiger partial charge in [-0.05, 0) is 24.6 Å². The lowest BCUT2D eigenvalue weighted by atomic mass is 10.2. The summed E-state index contributed by atoms with van der Waals surface area (Å²) in [5.41, 5.74) is -0.420. The number of hydrogen-bond donors (Lipinski definition) is 1. The third-order valence-corrected chi connectivity index (χ3v) is 6.22. The van der Waals surface area contributed by atoms with Crippen LogP contribution in [0.15, 0.2) is 29.3 Å². The Labute approximate surface area is 196 Å². The van der Waals surface area contributed by atoms with Crippen LogP contribution in [0, 0.1) is 18.6 Å². The molecule has 0 atom stereocenters. The fourth-order valence-corrected chi connectivity index (χ4v) is 4.62. The van der Waals surface area contributed by atoms with Crippen LogP contribution in [0.25, 0.3) is 10.2 Å². The molecule has 1 N–H and O–H groups in total. The normalized spacial score (nSPS) is 14.6. The third kappa shape index (κ3) is 5.27. The number of hydrogen-bond acceptors (Lipinski definition) is 5. The van der Waals surface area contributed by atoms with E-state index >= 15 is 0 Å². The first kappa shape index (κ1) is 25.3. The molecule has 3 aromatic rings. The van der Waals surface area contributed by atoms with Gasteiger partial charge in [0.1, 0.15) is 23.0 Å². The van der Waals surface area contributed by atoms with Gasteiger partial charge in [-0.1, -0.05) is 13.8 Å². The van der Waals surface area contributed by atoms with Crippen molar-refractivity contribution >= 4 is 39.1 Å². The molecule has 1 fully saturated rings. The highest BCUT2D eigenvalue weighted by Gasteiger charge is 2.41. The van der Waals surface area contributed by atoms with Gasteiger partial charge in [0.2, 0.25) is 5.91 Å². The number of anilines is 1. The number of aryl methyl sites for hydroxylation is 1. The van der Waals surface area contributed by atoms with Gasteiger partial charge in [0.15, 0.2) is 0 Å². The Hall–Kier alpha value is -3.28. The number of carbonyl (C=O) groups excluding carboxylic acids is 2. The van der Waals surface area contributed by atoms with Gasteiger partial charge in [-0.25, -0.2) is 22.5 Å². The van der Waals surface area contributed by atoms with Crippen LogP contribution in [0.4, 0.5) is 23.2 Å². The predicted octanol–water partition coefficient (Wildman–Crippen LogP) is 4.19. The Bertz CT molecular complexity index is 1290. The molecule has 0 radical (unpaired) electrons. The molecule has 1 aliphatic heterocycles. The third-order valence-electron chi connectivity index (χ3n) is 5.03. The molecule has 2 amide bonds. The van der Waals surface area contributed by atoms with Crippen LogP contribution in [0.2, 0.25) is 0 Å². The summed E-state index contributed by atoms with van der Waals surface area (Å²) < 4.78 is 54.5. The lowest BCUT2D eigenvalue weighted by Crippen LogP contribution is -2.31. The summed E-state index contributed by atoms with van der Waals surface area (Å²) in [4.78, 5) is 43.4. The number of benzene rings is 1. The molecule has 0 unspecified atom stereocenters. The van der Waals surface area contributed by atoms with Gasteiger partial charge in [0.05, 0.1) is 23.1 Å². The van der Waals surface area contributed by atoms with Gasteiger partial charge < -0.3 is 10.2 Å². The van der Waals surface area contributed by atoms with Crippen LogP contribution >= 0.6 is 11.3 Å². The van der Waals surface area contributed by atoms with Crippen molar-refractivity contribution in [1.29, 1.82) is 0 Å². The monoisotopic (exact) mass is 498 g/mol. The number of halogens is 4. The van der Waals surface area contributed by atoms with Gasteiger partial charge in [0, 0.05) is 24.7 Å². The number of carbonyl (C=O) groups is 2. The van der Waals surface area contributed by atoms with Crippen LogP contribution in [0.1, 0.15) is 35.5 Å². The number of fused-ring (bicyclic) bond motifs is 1. The molecule has 7 nitrogen and oxygen atoms in total. The van der Waals surface area contributed by atoms with Gasteiger partial charge in [-0.2, -0.15) is 0 Å². The van der Waals surface area contributed by atoms with Crippen molar-refractivity contribution < 1.29 is 27.2 Å². The first-order valence-corrected chi connectivity index (χ1v) is 11.3. The highest BCUT2D eigenvalue weighted by atomic mass is 32.1. The van der Waals surface area contributed by atoms with Crippen molar-refractivity contribution in [3.8, 4) is 0 Å². The quantitative estimate of drug-likeness (QED) is 0.547. The molecule has 182 valence electrons. The maximum absolute atomic E-state index is 13.5. The Kier molecular flexibility index (Phi) is 7.39. The van der Waals surface area contributed by atoms with E-state index in [1.54, 1.807) is 0 Å². The number of alkyl halides is 2. The van der Waals surface area contributed by atoms with Crippen LogP contribution in [0.5, 0.6) is 0 Å². The molecule has 0 saturated carbocycles. The summed E-state index contributed by atoms with van der Waals surface area (Å²) in [5, 5.41) is 2.40. The average Bonchev–Trinajstić information content (AvgIpc) is 3.30. The number of nitrogens with zero attached hydrogens (tertiary/aromatic N) is 3. The van der Waals surface area contributed by atoms with Crippen LogP contribution < -0.4 is 10.9 Å². The summed E-state index contributed by atoms with van der Waals surface area (Å²) in [5.74, 6) is -6.01. The number of likely N-dealkylation sites (tertiary alicyclic amines) is 1. The first-order chi connectivity index (χ1) is 16.0. The zero-order chi connectivity index (χ0) is 25.2. The minimum atomic E-state index is -2.94. The van der Waals surface area contributed by atoms with E-state index in [1.165, 1.54) is 6.92 Å². The number of aromatic nitrogens is 2. The minimum absolute atomic E-state index is 0.0853. The molecule has 0 bridgehead atoms. The summed E-state index contributed by atoms with van der Waals surface area (Å²) in [6.07, 6.45) is 0.697. The van der Waals surface area contributed by atoms with Crippen LogP contribution in [-0.4, -0.2) is 45.3 Å². The van der Waals surface area contributed by atoms with Gasteiger partial charge in [-0.15, -0.1) is 11.3 Å². The second-order valence-electron chi connectivity index (χ2n) is 7.45. The smallest absolute Gasteiger partial charge is 0.267 e. The molecule has 1 saturated heterocycles. The molecule has 34 heavy (non-hydrogen) atoms. The van der Waals surface area contributed by atoms with E-state index in [0.29, 0.717) is 11.6 Å². The van der Waals surface area contributed by atoms with E-state index in [9.17, 15) is 31.9 Å². The zero-order valence-corrected chi connectivity index (χ0v) is 19.4. The van der Waals surface area contributed by atoms with Crippen molar-refractivity contribution in [2.24, 2.45) is 0 Å². The molecular weight excluding hydrogens is 476 g/mol. The van der Waals surface area contributed by atoms with E-state index in [1.807, 2.05) is 13.8 Å².